The zero-order valence-corrected chi connectivity index (χ0v) is 24.4. The first-order valence-corrected chi connectivity index (χ1v) is 14.1. The number of amides is 2. The maximum Gasteiger partial charge on any atom is 0.328 e. The maximum absolute atomic E-state index is 12.8. The average molecular weight is 613 g/mol. The number of esters is 2. The number of ether oxygens (including phenoxy) is 2. The number of nitrogen functional groups attached to an aromatic ring is 1. The number of anilines is 1. The normalized spacial score (nSPS) is 12.2. The summed E-state index contributed by atoms with van der Waals surface area (Å²) in [5, 5.41) is 14.9. The molecule has 2 aromatic heterocycles. The smallest absolute Gasteiger partial charge is 0.328 e. The summed E-state index contributed by atoms with van der Waals surface area (Å²) in [7, 11) is 0. The molecule has 0 fully saturated rings. The first kappa shape index (κ1) is 33.3. The second-order valence-corrected chi connectivity index (χ2v) is 9.80. The Kier molecular flexibility index (Phi) is 12.0. The topological polar surface area (TPSA) is 236 Å². The number of aromatic amines is 2. The molecule has 15 heteroatoms. The van der Waals surface area contributed by atoms with Crippen LogP contribution in [0.15, 0.2) is 35.3 Å². The number of aromatic nitrogens is 3. The predicted octanol–water partition coefficient (Wildman–Crippen LogP) is 0.973. The van der Waals surface area contributed by atoms with Crippen molar-refractivity contribution in [2.75, 3.05) is 18.9 Å². The number of rotatable bonds is 16. The fourth-order valence-electron chi connectivity index (χ4n) is 4.45. The number of carboxylic acid groups (broad SMARTS) is 1. The number of nitrogens with two attached hydrogens (primary N) is 1. The van der Waals surface area contributed by atoms with E-state index in [2.05, 4.69) is 25.6 Å². The number of aliphatic carboxylic acids is 1. The van der Waals surface area contributed by atoms with Gasteiger partial charge in [-0.2, -0.15) is 4.98 Å². The molecule has 0 radical (unpaired) electrons. The zero-order chi connectivity index (χ0) is 32.2. The highest BCUT2D eigenvalue weighted by atomic mass is 16.5. The molecule has 0 aliphatic carbocycles. The van der Waals surface area contributed by atoms with E-state index in [1.165, 1.54) is 0 Å². The van der Waals surface area contributed by atoms with Crippen molar-refractivity contribution < 1.29 is 38.6 Å². The monoisotopic (exact) mass is 612 g/mol. The Hall–Kier alpha value is -5.21. The lowest BCUT2D eigenvalue weighted by Gasteiger charge is -2.18. The van der Waals surface area contributed by atoms with Crippen molar-refractivity contribution in [2.24, 2.45) is 0 Å². The fraction of sp³-hybridized carbons (Fsp3) is 0.414. The summed E-state index contributed by atoms with van der Waals surface area (Å²) in [6, 6.07) is 4.05. The van der Waals surface area contributed by atoms with Crippen LogP contribution < -0.4 is 21.9 Å². The summed E-state index contributed by atoms with van der Waals surface area (Å²) in [6.45, 7) is 3.48. The molecule has 44 heavy (non-hydrogen) atoms. The van der Waals surface area contributed by atoms with E-state index in [0.717, 1.165) is 11.1 Å². The summed E-state index contributed by atoms with van der Waals surface area (Å²) in [5.74, 6) is -3.87. The Bertz CT molecular complexity index is 1550. The first-order valence-electron chi connectivity index (χ1n) is 14.1. The molecule has 0 saturated carbocycles. The van der Waals surface area contributed by atoms with Gasteiger partial charge in [0.2, 0.25) is 11.9 Å². The van der Waals surface area contributed by atoms with Crippen LogP contribution in [0.3, 0.4) is 0 Å². The maximum atomic E-state index is 12.8. The molecule has 0 aliphatic heterocycles. The number of carbonyl (C=O) groups excluding carboxylic acids is 4. The van der Waals surface area contributed by atoms with Crippen LogP contribution in [0.25, 0.3) is 11.0 Å². The van der Waals surface area contributed by atoms with Gasteiger partial charge in [0.25, 0.3) is 11.5 Å². The summed E-state index contributed by atoms with van der Waals surface area (Å²) < 4.78 is 9.80. The standard InChI is InChI=1S/C29H36N6O9/c1-3-43-22(37)14-12-20(28(42)44-4-2)32-21(36)13-11-19(27(40)41)33-25(38)17-8-5-16(6-9-17)7-10-18-15-31-24-23(18)26(39)35-29(30)34-24/h5-6,8-9,15,19-20H,3-4,7,10-14H2,1-2H3,(H,32,36)(H,33,38)(H,40,41)(H4,30,31,34,35,39)/t19-,20-/m0/s1. The lowest BCUT2D eigenvalue weighted by molar-refractivity contribution is -0.149. The fourth-order valence-corrected chi connectivity index (χ4v) is 4.45. The second kappa shape index (κ2) is 15.9. The van der Waals surface area contributed by atoms with Crippen LogP contribution in [0, 0.1) is 0 Å². The molecule has 3 aromatic rings. The Balaban J connectivity index is 1.54. The van der Waals surface area contributed by atoms with Gasteiger partial charge < -0.3 is 35.9 Å². The van der Waals surface area contributed by atoms with E-state index in [-0.39, 0.29) is 56.0 Å². The van der Waals surface area contributed by atoms with Gasteiger partial charge in [0, 0.05) is 24.6 Å². The second-order valence-electron chi connectivity index (χ2n) is 9.80. The van der Waals surface area contributed by atoms with E-state index in [1.807, 2.05) is 0 Å². The number of hydrogen-bond acceptors (Lipinski definition) is 10. The van der Waals surface area contributed by atoms with Crippen LogP contribution in [0.5, 0.6) is 0 Å². The van der Waals surface area contributed by atoms with Gasteiger partial charge in [0.1, 0.15) is 17.7 Å². The molecule has 0 unspecified atom stereocenters. The van der Waals surface area contributed by atoms with Gasteiger partial charge in [-0.3, -0.25) is 24.2 Å². The van der Waals surface area contributed by atoms with Gasteiger partial charge in [0.05, 0.1) is 18.6 Å². The average Bonchev–Trinajstić information content (AvgIpc) is 3.39. The Morgan fingerprint density at radius 3 is 2.30 bits per heavy atom. The van der Waals surface area contributed by atoms with E-state index >= 15 is 0 Å². The van der Waals surface area contributed by atoms with Crippen LogP contribution in [0.1, 0.15) is 61.0 Å². The Morgan fingerprint density at radius 1 is 0.955 bits per heavy atom. The van der Waals surface area contributed by atoms with Crippen LogP contribution in [-0.4, -0.2) is 75.1 Å². The molecular formula is C29H36N6O9. The van der Waals surface area contributed by atoms with Crippen LogP contribution in [0.4, 0.5) is 5.95 Å². The third-order valence-electron chi connectivity index (χ3n) is 6.65. The van der Waals surface area contributed by atoms with Crippen LogP contribution in [-0.2, 0) is 41.5 Å². The van der Waals surface area contributed by atoms with Crippen molar-refractivity contribution in [3.8, 4) is 0 Å². The highest BCUT2D eigenvalue weighted by Crippen LogP contribution is 2.16. The number of H-pyrrole nitrogens is 2. The minimum atomic E-state index is -1.38. The summed E-state index contributed by atoms with van der Waals surface area (Å²) >= 11 is 0. The van der Waals surface area contributed by atoms with E-state index < -0.39 is 41.8 Å². The van der Waals surface area contributed by atoms with Gasteiger partial charge >= 0.3 is 17.9 Å². The van der Waals surface area contributed by atoms with Crippen LogP contribution in [0.2, 0.25) is 0 Å². The molecular weight excluding hydrogens is 576 g/mol. The molecule has 0 saturated heterocycles. The van der Waals surface area contributed by atoms with E-state index in [0.29, 0.717) is 23.9 Å². The van der Waals surface area contributed by atoms with Gasteiger partial charge in [0.15, 0.2) is 0 Å². The molecule has 0 aliphatic rings. The number of aryl methyl sites for hydroxylation is 2. The van der Waals surface area contributed by atoms with Crippen molar-refractivity contribution in [3.63, 3.8) is 0 Å². The summed E-state index contributed by atoms with van der Waals surface area (Å²) in [6.07, 6.45) is 2.03. The molecule has 15 nitrogen and oxygen atoms in total. The molecule has 236 valence electrons. The van der Waals surface area contributed by atoms with E-state index in [9.17, 15) is 33.9 Å². The third-order valence-corrected chi connectivity index (χ3v) is 6.65. The summed E-state index contributed by atoms with van der Waals surface area (Å²) in [4.78, 5) is 82.8. The van der Waals surface area contributed by atoms with E-state index in [4.69, 9.17) is 15.2 Å². The molecule has 0 bridgehead atoms. The lowest BCUT2D eigenvalue weighted by Crippen LogP contribution is -2.44. The predicted molar refractivity (Wildman–Crippen MR) is 158 cm³/mol. The molecule has 0 spiro atoms. The van der Waals surface area contributed by atoms with Crippen molar-refractivity contribution in [1.82, 2.24) is 25.6 Å². The minimum absolute atomic E-state index is 0.0173. The summed E-state index contributed by atoms with van der Waals surface area (Å²) in [5.41, 5.74) is 7.49. The van der Waals surface area contributed by atoms with Gasteiger partial charge in [-0.1, -0.05) is 12.1 Å². The number of nitrogens with zero attached hydrogens (tertiary/aromatic N) is 1. The number of nitrogens with one attached hydrogen (secondary N) is 4. The first-order chi connectivity index (χ1) is 21.0. The van der Waals surface area contributed by atoms with Gasteiger partial charge in [-0.25, -0.2) is 9.59 Å². The third kappa shape index (κ3) is 9.40. The molecule has 2 atom stereocenters. The SMILES string of the molecule is CCOC(=O)CC[C@H](NC(=O)CC[C@H](NC(=O)c1ccc(CCc2c[nH]c3nc(N)[nH]c(=O)c23)cc1)C(=O)O)C(=O)OCC. The number of carboxylic acids is 1. The molecule has 3 rings (SSSR count). The van der Waals surface area contributed by atoms with Crippen LogP contribution >= 0.6 is 0 Å². The number of benzene rings is 1. The van der Waals surface area contributed by atoms with Crippen molar-refractivity contribution in [2.45, 2.75) is 64.5 Å². The van der Waals surface area contributed by atoms with Gasteiger partial charge in [-0.05, 0) is 62.8 Å². The number of hydrogen-bond donors (Lipinski definition) is 6. The van der Waals surface area contributed by atoms with Crippen molar-refractivity contribution in [1.29, 1.82) is 0 Å². The Labute approximate surface area is 251 Å². The van der Waals surface area contributed by atoms with Crippen molar-refractivity contribution >= 4 is 46.7 Å². The van der Waals surface area contributed by atoms with E-state index in [1.54, 1.807) is 44.3 Å². The lowest BCUT2D eigenvalue weighted by atomic mass is 10.0. The highest BCUT2D eigenvalue weighted by molar-refractivity contribution is 5.96. The number of fused-ring (bicyclic) bond motifs is 1. The highest BCUT2D eigenvalue weighted by Gasteiger charge is 2.26. The number of carbonyl (C=O) groups is 5. The minimum Gasteiger partial charge on any atom is -0.480 e. The quantitative estimate of drug-likeness (QED) is 0.125. The van der Waals surface area contributed by atoms with Crippen molar-refractivity contribution in [3.05, 3.63) is 57.5 Å². The molecule has 1 aromatic carbocycles. The van der Waals surface area contributed by atoms with Gasteiger partial charge in [-0.15, -0.1) is 0 Å². The molecule has 2 heterocycles. The largest absolute Gasteiger partial charge is 0.480 e. The molecule has 2 amide bonds. The zero-order valence-electron chi connectivity index (χ0n) is 24.4. The Morgan fingerprint density at radius 2 is 1.64 bits per heavy atom. The molecule has 7 N–H and O–H groups in total.